The van der Waals surface area contributed by atoms with E-state index < -0.39 is 0 Å². The number of hydrogen-bond donors (Lipinski definition) is 2. The van der Waals surface area contributed by atoms with Crippen LogP contribution in [0.4, 0.5) is 0 Å². The zero-order chi connectivity index (χ0) is 9.26. The molecule has 3 heteroatoms. The van der Waals surface area contributed by atoms with E-state index in [9.17, 15) is 0 Å². The number of halogens is 1. The Morgan fingerprint density at radius 1 is 1.36 bits per heavy atom. The van der Waals surface area contributed by atoms with Crippen molar-refractivity contribution in [3.63, 3.8) is 0 Å². The fourth-order valence-corrected chi connectivity index (χ4v) is 1.65. The summed E-state index contributed by atoms with van der Waals surface area (Å²) in [4.78, 5) is 3.24. The van der Waals surface area contributed by atoms with E-state index in [4.69, 9.17) is 5.73 Å². The molecule has 2 rings (SSSR count). The summed E-state index contributed by atoms with van der Waals surface area (Å²) in [7, 11) is 0. The minimum Gasteiger partial charge on any atom is -0.361 e. The maximum Gasteiger partial charge on any atom is 0.0456 e. The number of hydrogen-bond acceptors (Lipinski definition) is 1. The lowest BCUT2D eigenvalue weighted by atomic mass is 10.1. The highest BCUT2D eigenvalue weighted by Gasteiger charge is 2.03. The number of nitrogens with two attached hydrogens (primary N) is 1. The third-order valence-corrected chi connectivity index (χ3v) is 2.22. The lowest BCUT2D eigenvalue weighted by molar-refractivity contribution is 0.741. The van der Waals surface area contributed by atoms with E-state index in [1.165, 1.54) is 16.5 Å². The Bertz CT molecular complexity index is 406. The van der Waals surface area contributed by atoms with Crippen LogP contribution in [-0.4, -0.2) is 11.0 Å². The van der Waals surface area contributed by atoms with Gasteiger partial charge in [-0.15, -0.1) is 12.4 Å². The molecule has 0 aliphatic heterocycles. The lowest BCUT2D eigenvalue weighted by Gasteiger charge is -2.02. The number of rotatable bonds is 2. The van der Waals surface area contributed by atoms with Crippen LogP contribution in [0.1, 0.15) is 12.5 Å². The number of nitrogens with one attached hydrogen (secondary N) is 1. The molecule has 2 aromatic rings. The third kappa shape index (κ3) is 2.08. The summed E-state index contributed by atoms with van der Waals surface area (Å²) >= 11 is 0. The topological polar surface area (TPSA) is 41.8 Å². The first-order valence-corrected chi connectivity index (χ1v) is 4.58. The molecule has 1 aromatic carbocycles. The average Bonchev–Trinajstić information content (AvgIpc) is 2.48. The first-order valence-electron chi connectivity index (χ1n) is 4.58. The molecule has 2 nitrogen and oxygen atoms in total. The van der Waals surface area contributed by atoms with Gasteiger partial charge in [-0.05, 0) is 25.0 Å². The molecule has 0 amide bonds. The summed E-state index contributed by atoms with van der Waals surface area (Å²) in [5, 5.41) is 1.29. The van der Waals surface area contributed by atoms with Gasteiger partial charge in [-0.1, -0.05) is 18.2 Å². The summed E-state index contributed by atoms with van der Waals surface area (Å²) < 4.78 is 0. The second-order valence-corrected chi connectivity index (χ2v) is 3.54. The van der Waals surface area contributed by atoms with E-state index in [1.54, 1.807) is 0 Å². The van der Waals surface area contributed by atoms with Gasteiger partial charge in [0.05, 0.1) is 0 Å². The molecule has 1 atom stereocenters. The van der Waals surface area contributed by atoms with Gasteiger partial charge in [-0.2, -0.15) is 0 Å². The van der Waals surface area contributed by atoms with Crippen LogP contribution in [0.3, 0.4) is 0 Å². The minimum atomic E-state index is 0. The summed E-state index contributed by atoms with van der Waals surface area (Å²) in [6.45, 7) is 2.03. The van der Waals surface area contributed by atoms with Crippen molar-refractivity contribution in [1.82, 2.24) is 4.98 Å². The average molecular weight is 211 g/mol. The Balaban J connectivity index is 0.000000980. The van der Waals surface area contributed by atoms with Crippen molar-refractivity contribution in [1.29, 1.82) is 0 Å². The molecule has 0 bridgehead atoms. The molecule has 0 aliphatic rings. The van der Waals surface area contributed by atoms with Crippen LogP contribution in [0, 0.1) is 0 Å². The SMILES string of the molecule is C[C@H](N)Cc1c[nH]c2ccccc12.Cl. The van der Waals surface area contributed by atoms with Crippen molar-refractivity contribution in [3.8, 4) is 0 Å². The van der Waals surface area contributed by atoms with Crippen LogP contribution in [0.15, 0.2) is 30.5 Å². The summed E-state index contributed by atoms with van der Waals surface area (Å²) in [6, 6.07) is 8.53. The summed E-state index contributed by atoms with van der Waals surface area (Å²) in [6.07, 6.45) is 2.98. The molecule has 1 aromatic heterocycles. The number of aromatic amines is 1. The number of aromatic nitrogens is 1. The van der Waals surface area contributed by atoms with Crippen LogP contribution in [0.5, 0.6) is 0 Å². The zero-order valence-electron chi connectivity index (χ0n) is 8.16. The van der Waals surface area contributed by atoms with Gasteiger partial charge in [0.15, 0.2) is 0 Å². The van der Waals surface area contributed by atoms with Crippen LogP contribution in [0.2, 0.25) is 0 Å². The molecule has 1 heterocycles. The van der Waals surface area contributed by atoms with Gasteiger partial charge < -0.3 is 10.7 Å². The highest BCUT2D eigenvalue weighted by Crippen LogP contribution is 2.18. The molecule has 0 spiro atoms. The van der Waals surface area contributed by atoms with Gasteiger partial charge in [0.25, 0.3) is 0 Å². The van der Waals surface area contributed by atoms with Crippen molar-refractivity contribution in [2.24, 2.45) is 5.73 Å². The van der Waals surface area contributed by atoms with Crippen LogP contribution in [0.25, 0.3) is 10.9 Å². The maximum absolute atomic E-state index is 5.76. The van der Waals surface area contributed by atoms with Gasteiger partial charge >= 0.3 is 0 Å². The molecule has 76 valence electrons. The molecular weight excluding hydrogens is 196 g/mol. The van der Waals surface area contributed by atoms with E-state index in [1.807, 2.05) is 19.2 Å². The van der Waals surface area contributed by atoms with Crippen molar-refractivity contribution in [2.75, 3.05) is 0 Å². The molecule has 3 N–H and O–H groups in total. The molecule has 0 fully saturated rings. The maximum atomic E-state index is 5.76. The molecule has 0 unspecified atom stereocenters. The smallest absolute Gasteiger partial charge is 0.0456 e. The number of benzene rings is 1. The Morgan fingerprint density at radius 3 is 2.79 bits per heavy atom. The lowest BCUT2D eigenvalue weighted by Crippen LogP contribution is -2.17. The van der Waals surface area contributed by atoms with Crippen LogP contribution in [-0.2, 0) is 6.42 Å². The fraction of sp³-hybridized carbons (Fsp3) is 0.273. The van der Waals surface area contributed by atoms with Crippen molar-refractivity contribution in [3.05, 3.63) is 36.0 Å². The number of para-hydroxylation sites is 1. The van der Waals surface area contributed by atoms with Crippen molar-refractivity contribution < 1.29 is 0 Å². The van der Waals surface area contributed by atoms with E-state index >= 15 is 0 Å². The van der Waals surface area contributed by atoms with Gasteiger partial charge in [0.1, 0.15) is 0 Å². The standard InChI is InChI=1S/C11H14N2.ClH/c1-8(12)6-9-7-13-11-5-3-2-4-10(9)11;/h2-5,7-8,13H,6,12H2,1H3;1H/t8-;/m0./s1. The molecule has 0 radical (unpaired) electrons. The van der Waals surface area contributed by atoms with E-state index in [-0.39, 0.29) is 18.4 Å². The monoisotopic (exact) mass is 210 g/mol. The Hall–Kier alpha value is -0.990. The van der Waals surface area contributed by atoms with Crippen LogP contribution < -0.4 is 5.73 Å². The van der Waals surface area contributed by atoms with Crippen molar-refractivity contribution in [2.45, 2.75) is 19.4 Å². The van der Waals surface area contributed by atoms with Gasteiger partial charge in [-0.3, -0.25) is 0 Å². The van der Waals surface area contributed by atoms with E-state index in [2.05, 4.69) is 23.2 Å². The van der Waals surface area contributed by atoms with Crippen molar-refractivity contribution >= 4 is 23.3 Å². The fourth-order valence-electron chi connectivity index (χ4n) is 1.65. The first kappa shape index (κ1) is 11.1. The first-order chi connectivity index (χ1) is 6.27. The second-order valence-electron chi connectivity index (χ2n) is 3.54. The zero-order valence-corrected chi connectivity index (χ0v) is 8.97. The molecule has 0 aliphatic carbocycles. The quantitative estimate of drug-likeness (QED) is 0.786. The van der Waals surface area contributed by atoms with Crippen LogP contribution >= 0.6 is 12.4 Å². The highest BCUT2D eigenvalue weighted by molar-refractivity contribution is 5.85. The highest BCUT2D eigenvalue weighted by atomic mass is 35.5. The predicted octanol–water partition coefficient (Wildman–Crippen LogP) is 2.48. The third-order valence-electron chi connectivity index (χ3n) is 2.22. The Labute approximate surface area is 89.9 Å². The summed E-state index contributed by atoms with van der Waals surface area (Å²) in [5.74, 6) is 0. The Morgan fingerprint density at radius 2 is 2.07 bits per heavy atom. The number of fused-ring (bicyclic) bond motifs is 1. The molecule has 0 saturated carbocycles. The second kappa shape index (κ2) is 4.49. The predicted molar refractivity (Wildman–Crippen MR) is 62.9 cm³/mol. The molecule has 0 saturated heterocycles. The van der Waals surface area contributed by atoms with Gasteiger partial charge in [0, 0.05) is 23.1 Å². The summed E-state index contributed by atoms with van der Waals surface area (Å²) in [5.41, 5.74) is 8.26. The van der Waals surface area contributed by atoms with Gasteiger partial charge in [-0.25, -0.2) is 0 Å². The van der Waals surface area contributed by atoms with E-state index in [0.717, 1.165) is 6.42 Å². The van der Waals surface area contributed by atoms with E-state index in [0.29, 0.717) is 0 Å². The number of H-pyrrole nitrogens is 1. The normalized spacial score (nSPS) is 12.4. The molecule has 14 heavy (non-hydrogen) atoms. The molecular formula is C11H15ClN2. The van der Waals surface area contributed by atoms with Gasteiger partial charge in [0.2, 0.25) is 0 Å². The largest absolute Gasteiger partial charge is 0.361 e. The Kier molecular flexibility index (Phi) is 3.55. The minimum absolute atomic E-state index is 0.